The van der Waals surface area contributed by atoms with Crippen LogP contribution in [0.4, 0.5) is 0 Å². The third-order valence-electron chi connectivity index (χ3n) is 5.28. The van der Waals surface area contributed by atoms with Gasteiger partial charge in [0.15, 0.2) is 0 Å². The molecule has 0 bridgehead atoms. The minimum absolute atomic E-state index is 0.308. The number of carbonyl (C=O) groups excluding carboxylic acids is 2. The van der Waals surface area contributed by atoms with Crippen LogP contribution in [0.15, 0.2) is 0 Å². The molecule has 1 unspecified atom stereocenters. The van der Waals surface area contributed by atoms with Crippen molar-refractivity contribution >= 4 is 11.9 Å². The highest BCUT2D eigenvalue weighted by Gasteiger charge is 2.21. The van der Waals surface area contributed by atoms with E-state index >= 15 is 0 Å². The predicted molar refractivity (Wildman–Crippen MR) is 126 cm³/mol. The van der Waals surface area contributed by atoms with Crippen molar-refractivity contribution in [3.63, 3.8) is 0 Å². The molecule has 5 nitrogen and oxygen atoms in total. The summed E-state index contributed by atoms with van der Waals surface area (Å²) >= 11 is 0. The third kappa shape index (κ3) is 16.7. The summed E-state index contributed by atoms with van der Waals surface area (Å²) in [5, 5.41) is 0. The zero-order valence-corrected chi connectivity index (χ0v) is 20.6. The smallest absolute Gasteiger partial charge is 0.323 e. The first-order chi connectivity index (χ1) is 14.2. The zero-order chi connectivity index (χ0) is 22.8. The molecule has 30 heavy (non-hydrogen) atoms. The van der Waals surface area contributed by atoms with E-state index in [0.717, 1.165) is 58.0 Å². The molecule has 0 aromatic carbocycles. The van der Waals surface area contributed by atoms with Gasteiger partial charge in [-0.25, -0.2) is 0 Å². The normalized spacial score (nSPS) is 12.6. The molecule has 1 amide bonds. The molecule has 0 radical (unpaired) electrons. The largest absolute Gasteiger partial charge is 0.459 e. The number of nitrogens with two attached hydrogens (primary N) is 1. The average molecular weight is 427 g/mol. The number of ether oxygens (including phenoxy) is 1. The van der Waals surface area contributed by atoms with Gasteiger partial charge in [0.25, 0.3) is 0 Å². The first kappa shape index (κ1) is 28.9. The topological polar surface area (TPSA) is 72.6 Å². The van der Waals surface area contributed by atoms with Gasteiger partial charge in [-0.05, 0) is 46.5 Å². The van der Waals surface area contributed by atoms with Crippen LogP contribution in [0.5, 0.6) is 0 Å². The molecule has 0 aliphatic rings. The van der Waals surface area contributed by atoms with Gasteiger partial charge < -0.3 is 15.4 Å². The highest BCUT2D eigenvalue weighted by Crippen LogP contribution is 2.13. The molecule has 5 heteroatoms. The quantitative estimate of drug-likeness (QED) is 0.216. The van der Waals surface area contributed by atoms with E-state index in [1.54, 1.807) is 0 Å². The fraction of sp³-hybridized carbons (Fsp3) is 0.920. The molecular formula is C25H50N2O3. The summed E-state index contributed by atoms with van der Waals surface area (Å²) in [6.07, 6.45) is 14.9. The van der Waals surface area contributed by atoms with Crippen LogP contribution >= 0.6 is 0 Å². The minimum Gasteiger partial charge on any atom is -0.459 e. The van der Waals surface area contributed by atoms with E-state index in [4.69, 9.17) is 10.5 Å². The van der Waals surface area contributed by atoms with E-state index in [1.807, 2.05) is 20.8 Å². The maximum absolute atomic E-state index is 12.6. The van der Waals surface area contributed by atoms with Crippen LogP contribution in [-0.4, -0.2) is 41.5 Å². The Balaban J connectivity index is 3.99. The Morgan fingerprint density at radius 1 is 0.800 bits per heavy atom. The summed E-state index contributed by atoms with van der Waals surface area (Å²) in [4.78, 5) is 26.6. The highest BCUT2D eigenvalue weighted by atomic mass is 16.6. The van der Waals surface area contributed by atoms with Crippen molar-refractivity contribution in [2.24, 2.45) is 5.73 Å². The van der Waals surface area contributed by atoms with Gasteiger partial charge in [0.2, 0.25) is 5.91 Å². The molecule has 0 heterocycles. The number of esters is 1. The summed E-state index contributed by atoms with van der Waals surface area (Å²) in [6, 6.07) is -0.548. The molecule has 0 aliphatic heterocycles. The molecule has 1 atom stereocenters. The third-order valence-corrected chi connectivity index (χ3v) is 5.28. The summed E-state index contributed by atoms with van der Waals surface area (Å²) < 4.78 is 5.31. The maximum atomic E-state index is 12.6. The molecule has 178 valence electrons. The lowest BCUT2D eigenvalue weighted by molar-refractivity contribution is -0.156. The Labute approximate surface area is 186 Å². The van der Waals surface area contributed by atoms with Gasteiger partial charge in [-0.15, -0.1) is 0 Å². The second-order valence-corrected chi connectivity index (χ2v) is 9.59. The monoisotopic (exact) mass is 426 g/mol. The van der Waals surface area contributed by atoms with Crippen molar-refractivity contribution in [1.82, 2.24) is 4.90 Å². The molecule has 0 rings (SSSR count). The van der Waals surface area contributed by atoms with Crippen LogP contribution in [-0.2, 0) is 14.3 Å². The van der Waals surface area contributed by atoms with E-state index in [2.05, 4.69) is 18.7 Å². The first-order valence-electron chi connectivity index (χ1n) is 12.5. The van der Waals surface area contributed by atoms with Crippen LogP contribution in [0.1, 0.15) is 125 Å². The molecule has 0 saturated carbocycles. The first-order valence-corrected chi connectivity index (χ1v) is 12.5. The van der Waals surface area contributed by atoms with Gasteiger partial charge in [-0.3, -0.25) is 9.59 Å². The van der Waals surface area contributed by atoms with Gasteiger partial charge in [0.05, 0.1) is 0 Å². The van der Waals surface area contributed by atoms with Crippen molar-refractivity contribution in [3.8, 4) is 0 Å². The second kappa shape index (κ2) is 17.6. The lowest BCUT2D eigenvalue weighted by Crippen LogP contribution is -2.37. The maximum Gasteiger partial charge on any atom is 0.323 e. The second-order valence-electron chi connectivity index (χ2n) is 9.59. The predicted octanol–water partition coefficient (Wildman–Crippen LogP) is 5.99. The average Bonchev–Trinajstić information content (AvgIpc) is 2.67. The SMILES string of the molecule is CCCCCCCCN(CCCC)C(=O)CCCCCCC(N)C(=O)OC(C)(C)C. The van der Waals surface area contributed by atoms with Crippen molar-refractivity contribution in [2.75, 3.05) is 13.1 Å². The summed E-state index contributed by atoms with van der Waals surface area (Å²) in [5.41, 5.74) is 5.43. The minimum atomic E-state index is -0.548. The van der Waals surface area contributed by atoms with Crippen LogP contribution in [0.3, 0.4) is 0 Å². The molecule has 0 fully saturated rings. The summed E-state index contributed by atoms with van der Waals surface area (Å²) in [6.45, 7) is 11.8. The number of hydrogen-bond acceptors (Lipinski definition) is 4. The van der Waals surface area contributed by atoms with Crippen LogP contribution in [0.25, 0.3) is 0 Å². The Morgan fingerprint density at radius 3 is 1.97 bits per heavy atom. The van der Waals surface area contributed by atoms with E-state index in [9.17, 15) is 9.59 Å². The molecule has 0 spiro atoms. The van der Waals surface area contributed by atoms with E-state index in [0.29, 0.717) is 18.7 Å². The van der Waals surface area contributed by atoms with Gasteiger partial charge in [-0.1, -0.05) is 71.6 Å². The van der Waals surface area contributed by atoms with Crippen LogP contribution in [0.2, 0.25) is 0 Å². The standard InChI is InChI=1S/C25H50N2O3/c1-6-8-10-11-14-17-21-27(20-9-7-2)23(28)19-16-13-12-15-18-22(26)24(29)30-25(3,4)5/h22H,6-21,26H2,1-5H3. The fourth-order valence-electron chi connectivity index (χ4n) is 3.44. The fourth-order valence-corrected chi connectivity index (χ4v) is 3.44. The van der Waals surface area contributed by atoms with E-state index in [1.165, 1.54) is 32.1 Å². The molecule has 0 aromatic heterocycles. The van der Waals surface area contributed by atoms with Crippen molar-refractivity contribution in [3.05, 3.63) is 0 Å². The Hall–Kier alpha value is -1.10. The number of amides is 1. The van der Waals surface area contributed by atoms with Gasteiger partial charge in [0, 0.05) is 19.5 Å². The highest BCUT2D eigenvalue weighted by molar-refractivity contribution is 5.76. The summed E-state index contributed by atoms with van der Waals surface area (Å²) in [7, 11) is 0. The van der Waals surface area contributed by atoms with Gasteiger partial charge >= 0.3 is 5.97 Å². The number of carbonyl (C=O) groups is 2. The Bertz CT molecular complexity index is 446. The van der Waals surface area contributed by atoms with Crippen LogP contribution in [0, 0.1) is 0 Å². The van der Waals surface area contributed by atoms with Crippen LogP contribution < -0.4 is 5.73 Å². The number of nitrogens with zero attached hydrogens (tertiary/aromatic N) is 1. The van der Waals surface area contributed by atoms with Crippen molar-refractivity contribution in [1.29, 1.82) is 0 Å². The van der Waals surface area contributed by atoms with Gasteiger partial charge in [-0.2, -0.15) is 0 Å². The molecule has 0 aromatic rings. The lowest BCUT2D eigenvalue weighted by Gasteiger charge is -2.23. The number of hydrogen-bond donors (Lipinski definition) is 1. The van der Waals surface area contributed by atoms with Crippen molar-refractivity contribution < 1.29 is 14.3 Å². The Kier molecular flexibility index (Phi) is 16.9. The van der Waals surface area contributed by atoms with Gasteiger partial charge in [0.1, 0.15) is 11.6 Å². The lowest BCUT2D eigenvalue weighted by atomic mass is 10.1. The number of rotatable bonds is 18. The molecule has 2 N–H and O–H groups in total. The zero-order valence-electron chi connectivity index (χ0n) is 20.6. The summed E-state index contributed by atoms with van der Waals surface area (Å²) in [5.74, 6) is -0.0126. The van der Waals surface area contributed by atoms with E-state index < -0.39 is 11.6 Å². The molecule has 0 aliphatic carbocycles. The molecule has 0 saturated heterocycles. The Morgan fingerprint density at radius 2 is 1.33 bits per heavy atom. The van der Waals surface area contributed by atoms with E-state index in [-0.39, 0.29) is 5.97 Å². The van der Waals surface area contributed by atoms with Crippen molar-refractivity contribution in [2.45, 2.75) is 136 Å². The molecular weight excluding hydrogens is 376 g/mol. The number of unbranched alkanes of at least 4 members (excludes halogenated alkanes) is 9.